The van der Waals surface area contributed by atoms with Crippen molar-refractivity contribution in [1.29, 1.82) is 0 Å². The molecule has 0 aliphatic carbocycles. The van der Waals surface area contributed by atoms with E-state index in [0.29, 0.717) is 0 Å². The van der Waals surface area contributed by atoms with Crippen LogP contribution in [0.5, 0.6) is 0 Å². The summed E-state index contributed by atoms with van der Waals surface area (Å²) in [5.74, 6) is 0. The molecule has 0 aliphatic heterocycles. The summed E-state index contributed by atoms with van der Waals surface area (Å²) in [6.07, 6.45) is 2.67. The fourth-order valence-corrected chi connectivity index (χ4v) is 2.42. The second-order valence-electron chi connectivity index (χ2n) is 5.25. The minimum Gasteiger partial charge on any atom is -0.324 e. The average molecular weight is 262 g/mol. The minimum absolute atomic E-state index is 0.0160. The van der Waals surface area contributed by atoms with Crippen molar-refractivity contribution < 1.29 is 0 Å². The van der Waals surface area contributed by atoms with Crippen LogP contribution in [-0.4, -0.2) is 4.98 Å². The lowest BCUT2D eigenvalue weighted by Crippen LogP contribution is -2.13. The number of aryl methyl sites for hydroxylation is 1. The van der Waals surface area contributed by atoms with Gasteiger partial charge < -0.3 is 5.73 Å². The summed E-state index contributed by atoms with van der Waals surface area (Å²) in [6.45, 7) is 2.10. The van der Waals surface area contributed by atoms with Crippen LogP contribution in [0.25, 0.3) is 10.9 Å². The van der Waals surface area contributed by atoms with Gasteiger partial charge in [-0.1, -0.05) is 42.0 Å². The second-order valence-corrected chi connectivity index (χ2v) is 5.25. The molecule has 2 aromatic carbocycles. The fraction of sp³-hybridized carbons (Fsp3) is 0.167. The fourth-order valence-electron chi connectivity index (χ4n) is 2.42. The van der Waals surface area contributed by atoms with E-state index < -0.39 is 0 Å². The first-order valence-corrected chi connectivity index (χ1v) is 6.88. The Balaban J connectivity index is 1.84. The van der Waals surface area contributed by atoms with Crippen LogP contribution in [-0.2, 0) is 6.42 Å². The Labute approximate surface area is 119 Å². The molecule has 20 heavy (non-hydrogen) atoms. The van der Waals surface area contributed by atoms with E-state index in [1.807, 2.05) is 18.3 Å². The first-order chi connectivity index (χ1) is 9.72. The minimum atomic E-state index is 0.0160. The SMILES string of the molecule is Cc1ccc(CC(N)c2ccc3ncccc3c2)cc1. The number of nitrogens with two attached hydrogens (primary N) is 1. The third-order valence-electron chi connectivity index (χ3n) is 3.63. The van der Waals surface area contributed by atoms with Gasteiger partial charge in [0, 0.05) is 17.6 Å². The zero-order valence-corrected chi connectivity index (χ0v) is 11.6. The molecule has 0 spiro atoms. The smallest absolute Gasteiger partial charge is 0.0702 e. The van der Waals surface area contributed by atoms with Gasteiger partial charge in [0.15, 0.2) is 0 Å². The van der Waals surface area contributed by atoms with Crippen LogP contribution in [0.15, 0.2) is 60.8 Å². The van der Waals surface area contributed by atoms with Crippen LogP contribution in [0.4, 0.5) is 0 Å². The van der Waals surface area contributed by atoms with E-state index in [4.69, 9.17) is 5.73 Å². The van der Waals surface area contributed by atoms with Crippen LogP contribution in [0.3, 0.4) is 0 Å². The number of hydrogen-bond acceptors (Lipinski definition) is 2. The van der Waals surface area contributed by atoms with Gasteiger partial charge >= 0.3 is 0 Å². The molecule has 1 heterocycles. The summed E-state index contributed by atoms with van der Waals surface area (Å²) in [5.41, 5.74) is 11.1. The van der Waals surface area contributed by atoms with Gasteiger partial charge in [0.05, 0.1) is 5.52 Å². The zero-order chi connectivity index (χ0) is 13.9. The molecule has 1 aromatic heterocycles. The Morgan fingerprint density at radius 2 is 1.85 bits per heavy atom. The van der Waals surface area contributed by atoms with Gasteiger partial charge in [-0.2, -0.15) is 0 Å². The van der Waals surface area contributed by atoms with E-state index in [2.05, 4.69) is 54.4 Å². The molecule has 0 bridgehead atoms. The topological polar surface area (TPSA) is 38.9 Å². The standard InChI is InChI=1S/C18H18N2/c1-13-4-6-14(7-5-13)11-17(19)15-8-9-18-16(12-15)3-2-10-20-18/h2-10,12,17H,11,19H2,1H3. The van der Waals surface area contributed by atoms with Crippen molar-refractivity contribution in [3.63, 3.8) is 0 Å². The Morgan fingerprint density at radius 1 is 1.05 bits per heavy atom. The number of benzene rings is 2. The van der Waals surface area contributed by atoms with Gasteiger partial charge in [0.2, 0.25) is 0 Å². The highest BCUT2D eigenvalue weighted by Crippen LogP contribution is 2.20. The van der Waals surface area contributed by atoms with Crippen molar-refractivity contribution in [2.75, 3.05) is 0 Å². The lowest BCUT2D eigenvalue weighted by atomic mass is 9.98. The van der Waals surface area contributed by atoms with Crippen LogP contribution in [0, 0.1) is 6.92 Å². The van der Waals surface area contributed by atoms with Gasteiger partial charge in [-0.05, 0) is 42.7 Å². The number of aromatic nitrogens is 1. The Hall–Kier alpha value is -2.19. The maximum Gasteiger partial charge on any atom is 0.0702 e. The number of pyridine rings is 1. The first kappa shape index (κ1) is 12.8. The van der Waals surface area contributed by atoms with Crippen molar-refractivity contribution in [1.82, 2.24) is 4.98 Å². The molecule has 0 aliphatic rings. The summed E-state index contributed by atoms with van der Waals surface area (Å²) >= 11 is 0. The molecule has 3 rings (SSSR count). The van der Waals surface area contributed by atoms with Crippen molar-refractivity contribution in [3.8, 4) is 0 Å². The van der Waals surface area contributed by atoms with Gasteiger partial charge in [0.25, 0.3) is 0 Å². The average Bonchev–Trinajstić information content (AvgIpc) is 2.49. The molecule has 0 radical (unpaired) electrons. The van der Waals surface area contributed by atoms with E-state index in [1.165, 1.54) is 11.1 Å². The molecule has 2 N–H and O–H groups in total. The number of fused-ring (bicyclic) bond motifs is 1. The molecule has 2 nitrogen and oxygen atoms in total. The van der Waals surface area contributed by atoms with Crippen molar-refractivity contribution in [2.45, 2.75) is 19.4 Å². The third-order valence-corrected chi connectivity index (χ3v) is 3.63. The van der Waals surface area contributed by atoms with Crippen LogP contribution in [0.1, 0.15) is 22.7 Å². The first-order valence-electron chi connectivity index (χ1n) is 6.88. The third kappa shape index (κ3) is 2.70. The quantitative estimate of drug-likeness (QED) is 0.780. The summed E-state index contributed by atoms with van der Waals surface area (Å²) in [6, 6.07) is 18.9. The van der Waals surface area contributed by atoms with Crippen LogP contribution in [0.2, 0.25) is 0 Å². The van der Waals surface area contributed by atoms with Gasteiger partial charge in [-0.25, -0.2) is 0 Å². The summed E-state index contributed by atoms with van der Waals surface area (Å²) in [4.78, 5) is 4.33. The van der Waals surface area contributed by atoms with Gasteiger partial charge in [-0.15, -0.1) is 0 Å². The molecule has 0 saturated carbocycles. The van der Waals surface area contributed by atoms with Gasteiger partial charge in [0.1, 0.15) is 0 Å². The maximum absolute atomic E-state index is 6.34. The Morgan fingerprint density at radius 3 is 2.65 bits per heavy atom. The van der Waals surface area contributed by atoms with Crippen LogP contribution >= 0.6 is 0 Å². The van der Waals surface area contributed by atoms with E-state index in [1.54, 1.807) is 0 Å². The molecule has 0 saturated heterocycles. The van der Waals surface area contributed by atoms with E-state index in [-0.39, 0.29) is 6.04 Å². The van der Waals surface area contributed by atoms with E-state index in [9.17, 15) is 0 Å². The molecule has 1 atom stereocenters. The van der Waals surface area contributed by atoms with Crippen molar-refractivity contribution in [2.24, 2.45) is 5.73 Å². The van der Waals surface area contributed by atoms with Crippen molar-refractivity contribution >= 4 is 10.9 Å². The van der Waals surface area contributed by atoms with Gasteiger partial charge in [-0.3, -0.25) is 4.98 Å². The Kier molecular flexibility index (Phi) is 3.48. The predicted octanol–water partition coefficient (Wildman–Crippen LogP) is 3.79. The summed E-state index contributed by atoms with van der Waals surface area (Å²) in [5, 5.41) is 1.14. The van der Waals surface area contributed by atoms with Crippen LogP contribution < -0.4 is 5.73 Å². The largest absolute Gasteiger partial charge is 0.324 e. The number of rotatable bonds is 3. The number of hydrogen-bond donors (Lipinski definition) is 1. The molecular weight excluding hydrogens is 244 g/mol. The zero-order valence-electron chi connectivity index (χ0n) is 11.6. The second kappa shape index (κ2) is 5.43. The molecule has 3 aromatic rings. The molecule has 0 fully saturated rings. The molecule has 1 unspecified atom stereocenters. The Bertz CT molecular complexity index is 717. The summed E-state index contributed by atoms with van der Waals surface area (Å²) in [7, 11) is 0. The highest BCUT2D eigenvalue weighted by atomic mass is 14.7. The molecule has 0 amide bonds. The maximum atomic E-state index is 6.34. The molecule has 2 heteroatoms. The molecular formula is C18H18N2. The lowest BCUT2D eigenvalue weighted by Gasteiger charge is -2.13. The lowest BCUT2D eigenvalue weighted by molar-refractivity contribution is 0.723. The van der Waals surface area contributed by atoms with Crippen molar-refractivity contribution in [3.05, 3.63) is 77.5 Å². The molecule has 100 valence electrons. The normalized spacial score (nSPS) is 12.5. The highest BCUT2D eigenvalue weighted by Gasteiger charge is 2.08. The number of nitrogens with zero attached hydrogens (tertiary/aromatic N) is 1. The monoisotopic (exact) mass is 262 g/mol. The predicted molar refractivity (Wildman–Crippen MR) is 83.6 cm³/mol. The van der Waals surface area contributed by atoms with E-state index >= 15 is 0 Å². The summed E-state index contributed by atoms with van der Waals surface area (Å²) < 4.78 is 0. The van der Waals surface area contributed by atoms with E-state index in [0.717, 1.165) is 22.9 Å². The highest BCUT2D eigenvalue weighted by molar-refractivity contribution is 5.79.